The Morgan fingerprint density at radius 1 is 1.20 bits per heavy atom. The van der Waals surface area contributed by atoms with Crippen LogP contribution in [0.5, 0.6) is 0 Å². The molecule has 3 rings (SSSR count). The molecule has 0 bridgehead atoms. The summed E-state index contributed by atoms with van der Waals surface area (Å²) in [6.45, 7) is 4.23. The number of hydrogen-bond acceptors (Lipinski definition) is 7. The largest absolute Gasteiger partial charge is 0.492 e. The van der Waals surface area contributed by atoms with Gasteiger partial charge in [-0.3, -0.25) is 19.2 Å². The highest BCUT2D eigenvalue weighted by molar-refractivity contribution is 6.25. The molecule has 9 heteroatoms. The van der Waals surface area contributed by atoms with Crippen LogP contribution in [-0.2, 0) is 33.4 Å². The fourth-order valence-electron chi connectivity index (χ4n) is 4.05. The van der Waals surface area contributed by atoms with E-state index in [0.717, 1.165) is 0 Å². The number of carbonyl (C=O) groups excluding carboxylic acids is 5. The third-order valence-electron chi connectivity index (χ3n) is 5.79. The first-order valence-corrected chi connectivity index (χ1v) is 9.57. The summed E-state index contributed by atoms with van der Waals surface area (Å²) >= 11 is 0. The number of likely N-dealkylation sites (N-methyl/N-ethyl adjacent to an activating group) is 1. The lowest BCUT2D eigenvalue weighted by Gasteiger charge is -2.47. The summed E-state index contributed by atoms with van der Waals surface area (Å²) in [5.74, 6) is -2.37. The van der Waals surface area contributed by atoms with Gasteiger partial charge in [0.2, 0.25) is 17.6 Å². The summed E-state index contributed by atoms with van der Waals surface area (Å²) in [5, 5.41) is 0. The molecule has 2 amide bonds. The van der Waals surface area contributed by atoms with Crippen molar-refractivity contribution in [2.24, 2.45) is 0 Å². The first-order valence-electron chi connectivity index (χ1n) is 9.57. The summed E-state index contributed by atoms with van der Waals surface area (Å²) < 4.78 is 10.5. The third kappa shape index (κ3) is 3.24. The Kier molecular flexibility index (Phi) is 5.65. The molecule has 0 unspecified atom stereocenters. The van der Waals surface area contributed by atoms with Crippen LogP contribution in [0.1, 0.15) is 27.2 Å². The van der Waals surface area contributed by atoms with E-state index >= 15 is 0 Å². The van der Waals surface area contributed by atoms with Crippen LogP contribution in [0.15, 0.2) is 34.1 Å². The van der Waals surface area contributed by atoms with Crippen molar-refractivity contribution in [1.82, 2.24) is 9.80 Å². The monoisotopic (exact) mass is 416 g/mol. The van der Waals surface area contributed by atoms with Crippen LogP contribution in [0.4, 0.5) is 0 Å². The van der Waals surface area contributed by atoms with Gasteiger partial charge in [-0.05, 0) is 20.8 Å². The number of rotatable bonds is 4. The zero-order chi connectivity index (χ0) is 22.3. The highest BCUT2D eigenvalue weighted by Gasteiger charge is 2.51. The van der Waals surface area contributed by atoms with Crippen molar-refractivity contribution in [1.29, 1.82) is 0 Å². The Bertz CT molecular complexity index is 956. The first-order chi connectivity index (χ1) is 14.1. The van der Waals surface area contributed by atoms with Crippen molar-refractivity contribution in [3.05, 3.63) is 34.1 Å². The molecular weight excluding hydrogens is 392 g/mol. The predicted molar refractivity (Wildman–Crippen MR) is 104 cm³/mol. The van der Waals surface area contributed by atoms with Crippen LogP contribution < -0.4 is 0 Å². The molecule has 0 N–H and O–H groups in total. The average molecular weight is 416 g/mol. The molecule has 0 saturated carbocycles. The van der Waals surface area contributed by atoms with E-state index in [9.17, 15) is 24.0 Å². The van der Waals surface area contributed by atoms with E-state index in [-0.39, 0.29) is 53.9 Å². The molecule has 2 heterocycles. The molecule has 1 aliphatic carbocycles. The summed E-state index contributed by atoms with van der Waals surface area (Å²) in [5.41, 5.74) is 0.727. The van der Waals surface area contributed by atoms with Gasteiger partial charge in [-0.2, -0.15) is 0 Å². The van der Waals surface area contributed by atoms with Gasteiger partial charge in [0.15, 0.2) is 11.5 Å². The van der Waals surface area contributed by atoms with E-state index < -0.39 is 29.6 Å². The second kappa shape index (κ2) is 7.89. The molecule has 0 aromatic heterocycles. The van der Waals surface area contributed by atoms with Gasteiger partial charge in [-0.25, -0.2) is 4.79 Å². The molecule has 2 aliphatic heterocycles. The van der Waals surface area contributed by atoms with Crippen LogP contribution in [0.2, 0.25) is 0 Å². The van der Waals surface area contributed by atoms with Gasteiger partial charge >= 0.3 is 5.97 Å². The van der Waals surface area contributed by atoms with Crippen molar-refractivity contribution in [3.63, 3.8) is 0 Å². The van der Waals surface area contributed by atoms with E-state index in [2.05, 4.69) is 0 Å². The molecule has 30 heavy (non-hydrogen) atoms. The number of amides is 2. The van der Waals surface area contributed by atoms with Gasteiger partial charge in [0.25, 0.3) is 0 Å². The molecule has 160 valence electrons. The lowest BCUT2D eigenvalue weighted by molar-refractivity contribution is -0.160. The molecule has 1 saturated heterocycles. The van der Waals surface area contributed by atoms with Crippen molar-refractivity contribution >= 4 is 29.4 Å². The number of ketones is 2. The maximum absolute atomic E-state index is 13.1. The van der Waals surface area contributed by atoms with Crippen molar-refractivity contribution in [2.45, 2.75) is 39.3 Å². The number of ether oxygens (including phenoxy) is 2. The summed E-state index contributed by atoms with van der Waals surface area (Å²) in [4.78, 5) is 66.4. The van der Waals surface area contributed by atoms with Crippen LogP contribution in [0.3, 0.4) is 0 Å². The molecule has 2 atom stereocenters. The third-order valence-corrected chi connectivity index (χ3v) is 5.79. The van der Waals surface area contributed by atoms with Gasteiger partial charge in [0.1, 0.15) is 12.6 Å². The number of Topliss-reactive ketones (excluding diaryl/α,β-unsaturated/α-hetero) is 2. The number of esters is 1. The standard InChI is InChI=1S/C21H24N2O7/c1-6-10(2)21(28)30-9-14-16-12(17(25)11(3)19(29-5)18(16)26)7-13-20(27)22(4)8-15(24)23(13)14/h6,13-14H,7-9H2,1-5H3/b10-6-/t13-,14+/m0/s1. The summed E-state index contributed by atoms with van der Waals surface area (Å²) in [7, 11) is 2.80. The molecule has 0 aromatic carbocycles. The van der Waals surface area contributed by atoms with Gasteiger partial charge in [-0.15, -0.1) is 0 Å². The minimum atomic E-state index is -1.05. The summed E-state index contributed by atoms with van der Waals surface area (Å²) in [6, 6.07) is -1.98. The molecule has 0 radical (unpaired) electrons. The van der Waals surface area contributed by atoms with Gasteiger partial charge in [-0.1, -0.05) is 6.08 Å². The molecule has 9 nitrogen and oxygen atoms in total. The fraction of sp³-hybridized carbons (Fsp3) is 0.476. The Labute approximate surface area is 174 Å². The second-order valence-electron chi connectivity index (χ2n) is 7.51. The van der Waals surface area contributed by atoms with Crippen LogP contribution in [-0.4, -0.2) is 78.5 Å². The molecule has 0 aromatic rings. The second-order valence-corrected chi connectivity index (χ2v) is 7.51. The lowest BCUT2D eigenvalue weighted by Crippen LogP contribution is -2.65. The number of methoxy groups -OCH3 is 1. The minimum absolute atomic E-state index is 0.0512. The first kappa shape index (κ1) is 21.5. The predicted octanol–water partition coefficient (Wildman–Crippen LogP) is 0.306. The zero-order valence-electron chi connectivity index (χ0n) is 17.6. The van der Waals surface area contributed by atoms with Gasteiger partial charge < -0.3 is 19.3 Å². The minimum Gasteiger partial charge on any atom is -0.492 e. The molecule has 3 aliphatic rings. The number of allylic oxidation sites excluding steroid dienone is 3. The smallest absolute Gasteiger partial charge is 0.333 e. The molecular formula is C21H24N2O7. The quantitative estimate of drug-likeness (QED) is 0.368. The number of nitrogens with zero attached hydrogens (tertiary/aromatic N) is 2. The maximum atomic E-state index is 13.1. The summed E-state index contributed by atoms with van der Waals surface area (Å²) in [6.07, 6.45) is 1.51. The topological polar surface area (TPSA) is 110 Å². The van der Waals surface area contributed by atoms with E-state index in [1.165, 1.54) is 30.9 Å². The van der Waals surface area contributed by atoms with Crippen molar-refractivity contribution in [3.8, 4) is 0 Å². The van der Waals surface area contributed by atoms with E-state index in [4.69, 9.17) is 9.47 Å². The van der Waals surface area contributed by atoms with Crippen molar-refractivity contribution < 1.29 is 33.4 Å². The highest BCUT2D eigenvalue weighted by Crippen LogP contribution is 2.38. The molecule has 0 spiro atoms. The van der Waals surface area contributed by atoms with Crippen molar-refractivity contribution in [2.75, 3.05) is 27.3 Å². The van der Waals surface area contributed by atoms with Crippen LogP contribution in [0.25, 0.3) is 0 Å². The van der Waals surface area contributed by atoms with E-state index in [0.29, 0.717) is 5.57 Å². The Hall–Kier alpha value is -3.23. The van der Waals surface area contributed by atoms with E-state index in [1.807, 2.05) is 0 Å². The number of hydrogen-bond donors (Lipinski definition) is 0. The Morgan fingerprint density at radius 2 is 1.87 bits per heavy atom. The molecule has 1 fully saturated rings. The van der Waals surface area contributed by atoms with E-state index in [1.54, 1.807) is 19.9 Å². The van der Waals surface area contributed by atoms with Gasteiger partial charge in [0, 0.05) is 35.8 Å². The highest BCUT2D eigenvalue weighted by atomic mass is 16.5. The number of fused-ring (bicyclic) bond motifs is 1. The zero-order valence-corrected chi connectivity index (χ0v) is 17.6. The van der Waals surface area contributed by atoms with Crippen LogP contribution >= 0.6 is 0 Å². The number of carbonyl (C=O) groups is 5. The maximum Gasteiger partial charge on any atom is 0.333 e. The fourth-order valence-corrected chi connectivity index (χ4v) is 4.05. The number of piperazine rings is 1. The SMILES string of the molecule is C/C=C(/C)C(=O)OC[C@@H]1C2=C(C[C@H]3C(=O)N(C)CC(=O)N13)C(=O)C(C)=C(OC)C2=O. The Morgan fingerprint density at radius 3 is 2.47 bits per heavy atom. The normalized spacial score (nSPS) is 24.9. The average Bonchev–Trinajstić information content (AvgIpc) is 2.72. The lowest BCUT2D eigenvalue weighted by atomic mass is 9.77. The van der Waals surface area contributed by atoms with Gasteiger partial charge in [0.05, 0.1) is 19.7 Å². The van der Waals surface area contributed by atoms with Crippen LogP contribution in [0, 0.1) is 0 Å². The Balaban J connectivity index is 2.09.